The fourth-order valence-corrected chi connectivity index (χ4v) is 2.94. The molecular formula is C13H26N2O2. The van der Waals surface area contributed by atoms with Gasteiger partial charge < -0.3 is 15.7 Å². The van der Waals surface area contributed by atoms with Crippen LogP contribution < -0.4 is 5.73 Å². The maximum atomic E-state index is 8.41. The molecule has 0 radical (unpaired) electrons. The number of hydrogen-bond donors (Lipinski definition) is 2. The second-order valence-corrected chi connectivity index (χ2v) is 6.10. The first-order valence-corrected chi connectivity index (χ1v) is 6.51. The third-order valence-electron chi connectivity index (χ3n) is 3.41. The molecule has 0 aromatic carbocycles. The fourth-order valence-electron chi connectivity index (χ4n) is 2.94. The largest absolute Gasteiger partial charge is 0.409 e. The summed E-state index contributed by atoms with van der Waals surface area (Å²) in [6.07, 6.45) is 5.38. The lowest BCUT2D eigenvalue weighted by molar-refractivity contribution is -0.0231. The van der Waals surface area contributed by atoms with Crippen molar-refractivity contribution >= 4 is 5.84 Å². The Kier molecular flexibility index (Phi) is 5.25. The number of rotatable bonds is 5. The van der Waals surface area contributed by atoms with E-state index in [4.69, 9.17) is 15.7 Å². The molecule has 1 aliphatic rings. The highest BCUT2D eigenvalue weighted by Crippen LogP contribution is 2.39. The van der Waals surface area contributed by atoms with Crippen molar-refractivity contribution in [3.05, 3.63) is 0 Å². The smallest absolute Gasteiger partial charge is 0.139 e. The van der Waals surface area contributed by atoms with E-state index in [-0.39, 0.29) is 5.84 Å². The molecule has 3 N–H and O–H groups in total. The predicted octanol–water partition coefficient (Wildman–Crippen LogP) is 2.74. The molecule has 0 saturated heterocycles. The number of amidine groups is 1. The van der Waals surface area contributed by atoms with Crippen LogP contribution in [0.15, 0.2) is 5.16 Å². The lowest BCUT2D eigenvalue weighted by Gasteiger charge is -2.38. The summed E-state index contributed by atoms with van der Waals surface area (Å²) in [4.78, 5) is 0. The topological polar surface area (TPSA) is 67.8 Å². The van der Waals surface area contributed by atoms with E-state index in [2.05, 4.69) is 25.9 Å². The first kappa shape index (κ1) is 14.3. The third-order valence-corrected chi connectivity index (χ3v) is 3.41. The van der Waals surface area contributed by atoms with E-state index in [1.54, 1.807) is 0 Å². The lowest BCUT2D eigenvalue weighted by Crippen LogP contribution is -2.32. The molecule has 1 saturated carbocycles. The van der Waals surface area contributed by atoms with Crippen LogP contribution in [0.5, 0.6) is 0 Å². The van der Waals surface area contributed by atoms with Gasteiger partial charge in [0.25, 0.3) is 0 Å². The van der Waals surface area contributed by atoms with E-state index < -0.39 is 0 Å². The van der Waals surface area contributed by atoms with Gasteiger partial charge in [-0.05, 0) is 37.0 Å². The number of oxime groups is 1. The molecule has 0 aromatic heterocycles. The normalized spacial score (nSPS) is 29.2. The van der Waals surface area contributed by atoms with Gasteiger partial charge in [0.05, 0.1) is 6.10 Å². The van der Waals surface area contributed by atoms with Gasteiger partial charge in [-0.15, -0.1) is 0 Å². The minimum absolute atomic E-state index is 0.283. The van der Waals surface area contributed by atoms with Crippen LogP contribution in [0.25, 0.3) is 0 Å². The molecule has 0 amide bonds. The second kappa shape index (κ2) is 6.24. The van der Waals surface area contributed by atoms with E-state index in [1.165, 1.54) is 6.42 Å². The van der Waals surface area contributed by atoms with Crippen LogP contribution in [0.4, 0.5) is 0 Å². The minimum Gasteiger partial charge on any atom is -0.409 e. The van der Waals surface area contributed by atoms with Crippen LogP contribution in [0.2, 0.25) is 0 Å². The van der Waals surface area contributed by atoms with Crippen molar-refractivity contribution in [2.24, 2.45) is 22.2 Å². The number of hydrogen-bond acceptors (Lipinski definition) is 3. The Bertz CT molecular complexity index is 264. The Labute approximate surface area is 104 Å². The highest BCUT2D eigenvalue weighted by Gasteiger charge is 2.32. The standard InChI is InChI=1S/C13H26N2O2/c1-10-7-11(9-13(2,3)8-10)17-6-4-5-12(14)15-16/h10-11,16H,4-9H2,1-3H3,(H2,14,15). The zero-order chi connectivity index (χ0) is 12.9. The molecule has 4 heteroatoms. The maximum Gasteiger partial charge on any atom is 0.139 e. The molecule has 1 rings (SSSR count). The molecule has 0 aliphatic heterocycles. The second-order valence-electron chi connectivity index (χ2n) is 6.10. The van der Waals surface area contributed by atoms with E-state index in [1.807, 2.05) is 0 Å². The van der Waals surface area contributed by atoms with Gasteiger partial charge in [0.15, 0.2) is 0 Å². The van der Waals surface area contributed by atoms with Gasteiger partial charge in [-0.2, -0.15) is 0 Å². The Morgan fingerprint density at radius 2 is 2.18 bits per heavy atom. The summed E-state index contributed by atoms with van der Waals surface area (Å²) in [5.41, 5.74) is 5.80. The first-order chi connectivity index (χ1) is 7.93. The number of nitrogens with two attached hydrogens (primary N) is 1. The van der Waals surface area contributed by atoms with E-state index in [9.17, 15) is 0 Å². The van der Waals surface area contributed by atoms with Crippen LogP contribution >= 0.6 is 0 Å². The molecule has 2 unspecified atom stereocenters. The lowest BCUT2D eigenvalue weighted by atomic mass is 9.71. The summed E-state index contributed by atoms with van der Waals surface area (Å²) >= 11 is 0. The molecule has 0 spiro atoms. The van der Waals surface area contributed by atoms with Crippen molar-refractivity contribution in [3.8, 4) is 0 Å². The van der Waals surface area contributed by atoms with Crippen LogP contribution in [0.3, 0.4) is 0 Å². The molecule has 2 atom stereocenters. The number of ether oxygens (including phenoxy) is 1. The average molecular weight is 242 g/mol. The van der Waals surface area contributed by atoms with Crippen molar-refractivity contribution in [2.45, 2.75) is 59.0 Å². The van der Waals surface area contributed by atoms with Gasteiger partial charge in [-0.1, -0.05) is 25.9 Å². The molecule has 0 heterocycles. The molecule has 17 heavy (non-hydrogen) atoms. The van der Waals surface area contributed by atoms with E-state index in [0.717, 1.165) is 25.2 Å². The SMILES string of the molecule is CC1CC(OCCC/C(N)=N/O)CC(C)(C)C1. The highest BCUT2D eigenvalue weighted by atomic mass is 16.5. The zero-order valence-corrected chi connectivity index (χ0v) is 11.3. The first-order valence-electron chi connectivity index (χ1n) is 6.51. The van der Waals surface area contributed by atoms with Crippen LogP contribution in [0.1, 0.15) is 52.9 Å². The Hall–Kier alpha value is -0.770. The Morgan fingerprint density at radius 1 is 1.47 bits per heavy atom. The Balaban J connectivity index is 2.23. The van der Waals surface area contributed by atoms with Gasteiger partial charge in [0, 0.05) is 13.0 Å². The Morgan fingerprint density at radius 3 is 2.76 bits per heavy atom. The van der Waals surface area contributed by atoms with Gasteiger partial charge in [-0.25, -0.2) is 0 Å². The average Bonchev–Trinajstić information content (AvgIpc) is 2.21. The fraction of sp³-hybridized carbons (Fsp3) is 0.923. The predicted molar refractivity (Wildman–Crippen MR) is 69.2 cm³/mol. The van der Waals surface area contributed by atoms with E-state index in [0.29, 0.717) is 24.5 Å². The molecule has 100 valence electrons. The summed E-state index contributed by atoms with van der Waals surface area (Å²) in [6, 6.07) is 0. The molecule has 1 fully saturated rings. The summed E-state index contributed by atoms with van der Waals surface area (Å²) in [5.74, 6) is 1.03. The van der Waals surface area contributed by atoms with Crippen molar-refractivity contribution < 1.29 is 9.94 Å². The minimum atomic E-state index is 0.283. The van der Waals surface area contributed by atoms with Gasteiger partial charge in [0.1, 0.15) is 5.84 Å². The summed E-state index contributed by atoms with van der Waals surface area (Å²) in [6.45, 7) is 7.63. The summed E-state index contributed by atoms with van der Waals surface area (Å²) in [7, 11) is 0. The molecule has 0 aromatic rings. The molecule has 0 bridgehead atoms. The van der Waals surface area contributed by atoms with Crippen LogP contribution in [0, 0.1) is 11.3 Å². The zero-order valence-electron chi connectivity index (χ0n) is 11.3. The highest BCUT2D eigenvalue weighted by molar-refractivity contribution is 5.79. The summed E-state index contributed by atoms with van der Waals surface area (Å²) in [5, 5.41) is 11.4. The van der Waals surface area contributed by atoms with Crippen LogP contribution in [-0.4, -0.2) is 23.8 Å². The molecule has 1 aliphatic carbocycles. The van der Waals surface area contributed by atoms with Crippen LogP contribution in [-0.2, 0) is 4.74 Å². The van der Waals surface area contributed by atoms with E-state index >= 15 is 0 Å². The van der Waals surface area contributed by atoms with Crippen molar-refractivity contribution in [1.82, 2.24) is 0 Å². The molecular weight excluding hydrogens is 216 g/mol. The number of nitrogens with zero attached hydrogens (tertiary/aromatic N) is 1. The molecule has 4 nitrogen and oxygen atoms in total. The van der Waals surface area contributed by atoms with Gasteiger partial charge in [0.2, 0.25) is 0 Å². The van der Waals surface area contributed by atoms with Crippen molar-refractivity contribution in [1.29, 1.82) is 0 Å². The third kappa shape index (κ3) is 5.39. The van der Waals surface area contributed by atoms with Crippen molar-refractivity contribution in [2.75, 3.05) is 6.61 Å². The van der Waals surface area contributed by atoms with Crippen molar-refractivity contribution in [3.63, 3.8) is 0 Å². The maximum absolute atomic E-state index is 8.41. The summed E-state index contributed by atoms with van der Waals surface area (Å²) < 4.78 is 5.89. The monoisotopic (exact) mass is 242 g/mol. The quantitative estimate of drug-likeness (QED) is 0.256. The van der Waals surface area contributed by atoms with Gasteiger partial charge in [-0.3, -0.25) is 0 Å². The van der Waals surface area contributed by atoms with Gasteiger partial charge >= 0.3 is 0 Å².